The van der Waals surface area contributed by atoms with Crippen molar-refractivity contribution in [3.05, 3.63) is 17.5 Å². The Hall–Kier alpha value is -1.27. The van der Waals surface area contributed by atoms with E-state index in [-0.39, 0.29) is 6.04 Å². The standard InChI is InChI=1S/C11H17N3/c1-5-7-11(12-3)9-8-14(4)13-10(9)6-2/h1,8,11-12H,6-7H2,2-4H3. The Bertz CT molecular complexity index is 333. The van der Waals surface area contributed by atoms with Crippen LogP contribution in [0.15, 0.2) is 6.20 Å². The molecule has 0 amide bonds. The number of nitrogens with zero attached hydrogens (tertiary/aromatic N) is 2. The highest BCUT2D eigenvalue weighted by Crippen LogP contribution is 2.19. The van der Waals surface area contributed by atoms with Gasteiger partial charge in [0.15, 0.2) is 0 Å². The van der Waals surface area contributed by atoms with Crippen LogP contribution in [0.5, 0.6) is 0 Å². The molecule has 0 fully saturated rings. The van der Waals surface area contributed by atoms with E-state index in [1.807, 2.05) is 25.0 Å². The number of rotatable bonds is 4. The molecule has 14 heavy (non-hydrogen) atoms. The van der Waals surface area contributed by atoms with Gasteiger partial charge in [-0.25, -0.2) is 0 Å². The largest absolute Gasteiger partial charge is 0.312 e. The molecule has 0 aliphatic rings. The molecular formula is C11H17N3. The maximum Gasteiger partial charge on any atom is 0.0669 e. The van der Waals surface area contributed by atoms with Crippen LogP contribution in [0.4, 0.5) is 0 Å². The molecule has 1 N–H and O–H groups in total. The lowest BCUT2D eigenvalue weighted by atomic mass is 10.0. The lowest BCUT2D eigenvalue weighted by Crippen LogP contribution is -2.16. The van der Waals surface area contributed by atoms with Gasteiger partial charge in [0.05, 0.1) is 5.69 Å². The second-order valence-corrected chi connectivity index (χ2v) is 3.31. The zero-order chi connectivity index (χ0) is 10.6. The topological polar surface area (TPSA) is 29.9 Å². The van der Waals surface area contributed by atoms with Crippen molar-refractivity contribution in [3.63, 3.8) is 0 Å². The molecule has 1 rings (SSSR count). The number of hydrogen-bond acceptors (Lipinski definition) is 2. The van der Waals surface area contributed by atoms with Gasteiger partial charge in [-0.2, -0.15) is 5.10 Å². The van der Waals surface area contributed by atoms with Crippen molar-refractivity contribution in [1.29, 1.82) is 0 Å². The predicted molar refractivity (Wildman–Crippen MR) is 57.8 cm³/mol. The summed E-state index contributed by atoms with van der Waals surface area (Å²) in [7, 11) is 3.86. The van der Waals surface area contributed by atoms with Gasteiger partial charge in [-0.05, 0) is 13.5 Å². The Morgan fingerprint density at radius 3 is 2.93 bits per heavy atom. The smallest absolute Gasteiger partial charge is 0.0669 e. The van der Waals surface area contributed by atoms with E-state index >= 15 is 0 Å². The van der Waals surface area contributed by atoms with E-state index < -0.39 is 0 Å². The van der Waals surface area contributed by atoms with Crippen LogP contribution in [0.3, 0.4) is 0 Å². The average Bonchev–Trinajstić information content (AvgIpc) is 2.55. The molecule has 0 radical (unpaired) electrons. The Labute approximate surface area is 85.5 Å². The van der Waals surface area contributed by atoms with Gasteiger partial charge < -0.3 is 5.32 Å². The Balaban J connectivity index is 2.96. The molecule has 1 aromatic rings. The van der Waals surface area contributed by atoms with Crippen LogP contribution < -0.4 is 5.32 Å². The maximum absolute atomic E-state index is 5.32. The second-order valence-electron chi connectivity index (χ2n) is 3.31. The van der Waals surface area contributed by atoms with Gasteiger partial charge in [0.2, 0.25) is 0 Å². The van der Waals surface area contributed by atoms with E-state index in [1.165, 1.54) is 5.56 Å². The van der Waals surface area contributed by atoms with Gasteiger partial charge in [0.1, 0.15) is 0 Å². The summed E-state index contributed by atoms with van der Waals surface area (Å²) in [5, 5.41) is 7.60. The zero-order valence-corrected chi connectivity index (χ0v) is 9.04. The van der Waals surface area contributed by atoms with Gasteiger partial charge in [0.25, 0.3) is 0 Å². The minimum absolute atomic E-state index is 0.226. The van der Waals surface area contributed by atoms with E-state index in [2.05, 4.69) is 23.3 Å². The summed E-state index contributed by atoms with van der Waals surface area (Å²) in [4.78, 5) is 0. The molecule has 1 unspecified atom stereocenters. The van der Waals surface area contributed by atoms with Crippen molar-refractivity contribution < 1.29 is 0 Å². The summed E-state index contributed by atoms with van der Waals surface area (Å²) in [5.41, 5.74) is 2.34. The summed E-state index contributed by atoms with van der Waals surface area (Å²) >= 11 is 0. The molecule has 0 spiro atoms. The molecule has 76 valence electrons. The third kappa shape index (κ3) is 2.15. The van der Waals surface area contributed by atoms with Gasteiger partial charge in [-0.1, -0.05) is 6.92 Å². The fraction of sp³-hybridized carbons (Fsp3) is 0.545. The minimum atomic E-state index is 0.226. The highest BCUT2D eigenvalue weighted by molar-refractivity contribution is 5.22. The number of aryl methyl sites for hydroxylation is 2. The normalized spacial score (nSPS) is 12.4. The highest BCUT2D eigenvalue weighted by Gasteiger charge is 2.14. The fourth-order valence-electron chi connectivity index (χ4n) is 1.60. The van der Waals surface area contributed by atoms with Crippen molar-refractivity contribution in [2.24, 2.45) is 7.05 Å². The molecular weight excluding hydrogens is 174 g/mol. The summed E-state index contributed by atoms with van der Waals surface area (Å²) in [6.07, 6.45) is 9.01. The van der Waals surface area contributed by atoms with E-state index in [9.17, 15) is 0 Å². The number of hydrogen-bond donors (Lipinski definition) is 1. The summed E-state index contributed by atoms with van der Waals surface area (Å²) in [6.45, 7) is 2.11. The van der Waals surface area contributed by atoms with E-state index in [0.29, 0.717) is 6.42 Å². The first kappa shape index (κ1) is 10.8. The molecule has 1 atom stereocenters. The van der Waals surface area contributed by atoms with Crippen molar-refractivity contribution in [2.45, 2.75) is 25.8 Å². The lowest BCUT2D eigenvalue weighted by Gasteiger charge is -2.12. The van der Waals surface area contributed by atoms with Crippen LogP contribution in [-0.2, 0) is 13.5 Å². The summed E-state index contributed by atoms with van der Waals surface area (Å²) in [6, 6.07) is 0.226. The monoisotopic (exact) mass is 191 g/mol. The molecule has 0 bridgehead atoms. The molecule has 0 aliphatic heterocycles. The Kier molecular flexibility index (Phi) is 3.73. The third-order valence-electron chi connectivity index (χ3n) is 2.32. The Morgan fingerprint density at radius 2 is 2.43 bits per heavy atom. The third-order valence-corrected chi connectivity index (χ3v) is 2.32. The number of nitrogens with one attached hydrogen (secondary N) is 1. The molecule has 0 aliphatic carbocycles. The van der Waals surface area contributed by atoms with Crippen molar-refractivity contribution in [3.8, 4) is 12.3 Å². The molecule has 1 heterocycles. The molecule has 3 heteroatoms. The number of aromatic nitrogens is 2. The quantitative estimate of drug-likeness (QED) is 0.726. The molecule has 0 saturated heterocycles. The first-order valence-corrected chi connectivity index (χ1v) is 4.86. The van der Waals surface area contributed by atoms with E-state index in [1.54, 1.807) is 0 Å². The maximum atomic E-state index is 5.32. The van der Waals surface area contributed by atoms with Crippen molar-refractivity contribution >= 4 is 0 Å². The van der Waals surface area contributed by atoms with Crippen LogP contribution in [0.1, 0.15) is 30.6 Å². The van der Waals surface area contributed by atoms with Crippen LogP contribution in [0.25, 0.3) is 0 Å². The van der Waals surface area contributed by atoms with E-state index in [4.69, 9.17) is 6.42 Å². The summed E-state index contributed by atoms with van der Waals surface area (Å²) in [5.74, 6) is 2.68. The van der Waals surface area contributed by atoms with Crippen molar-refractivity contribution in [2.75, 3.05) is 7.05 Å². The lowest BCUT2D eigenvalue weighted by molar-refractivity contribution is 0.605. The zero-order valence-electron chi connectivity index (χ0n) is 9.04. The first-order chi connectivity index (χ1) is 6.72. The van der Waals surface area contributed by atoms with E-state index in [0.717, 1.165) is 12.1 Å². The van der Waals surface area contributed by atoms with Crippen molar-refractivity contribution in [1.82, 2.24) is 15.1 Å². The molecule has 3 nitrogen and oxygen atoms in total. The number of terminal acetylenes is 1. The van der Waals surface area contributed by atoms with Gasteiger partial charge in [0, 0.05) is 31.3 Å². The SMILES string of the molecule is C#CCC(NC)c1cn(C)nc1CC. The van der Waals surface area contributed by atoms with Gasteiger partial charge in [-0.3, -0.25) is 4.68 Å². The van der Waals surface area contributed by atoms with Crippen LogP contribution in [0, 0.1) is 12.3 Å². The van der Waals surface area contributed by atoms with Gasteiger partial charge >= 0.3 is 0 Å². The second kappa shape index (κ2) is 4.83. The summed E-state index contributed by atoms with van der Waals surface area (Å²) < 4.78 is 1.84. The molecule has 0 saturated carbocycles. The average molecular weight is 191 g/mol. The minimum Gasteiger partial charge on any atom is -0.312 e. The highest BCUT2D eigenvalue weighted by atomic mass is 15.3. The van der Waals surface area contributed by atoms with Gasteiger partial charge in [-0.15, -0.1) is 12.3 Å². The van der Waals surface area contributed by atoms with Crippen LogP contribution in [-0.4, -0.2) is 16.8 Å². The molecule has 0 aromatic carbocycles. The fourth-order valence-corrected chi connectivity index (χ4v) is 1.60. The molecule has 1 aromatic heterocycles. The van der Waals surface area contributed by atoms with Crippen LogP contribution in [0.2, 0.25) is 0 Å². The Morgan fingerprint density at radius 1 is 1.71 bits per heavy atom. The predicted octanol–water partition coefficient (Wildman–Crippen LogP) is 1.27. The first-order valence-electron chi connectivity index (χ1n) is 4.86. The van der Waals surface area contributed by atoms with Crippen LogP contribution >= 0.6 is 0 Å².